The van der Waals surface area contributed by atoms with Crippen LogP contribution < -0.4 is 16.2 Å². The van der Waals surface area contributed by atoms with Crippen LogP contribution in [0.25, 0.3) is 0 Å². The second kappa shape index (κ2) is 5.81. The summed E-state index contributed by atoms with van der Waals surface area (Å²) in [5.74, 6) is -0.132. The summed E-state index contributed by atoms with van der Waals surface area (Å²) < 4.78 is 5.33. The van der Waals surface area contributed by atoms with Gasteiger partial charge in [-0.25, -0.2) is 0 Å². The molecule has 0 bridgehead atoms. The predicted molar refractivity (Wildman–Crippen MR) is 75.3 cm³/mol. The van der Waals surface area contributed by atoms with Gasteiger partial charge in [-0.05, 0) is 38.0 Å². The van der Waals surface area contributed by atoms with Crippen molar-refractivity contribution in [1.82, 2.24) is 4.90 Å². The van der Waals surface area contributed by atoms with Gasteiger partial charge in [0.2, 0.25) is 5.91 Å². The quantitative estimate of drug-likeness (QED) is 0.794. The molecule has 1 aromatic rings. The number of nitrogens with two attached hydrogens (primary N) is 2. The number of rotatable bonds is 4. The summed E-state index contributed by atoms with van der Waals surface area (Å²) in [6, 6.07) is 4.38. The van der Waals surface area contributed by atoms with Crippen molar-refractivity contribution in [3.05, 3.63) is 23.8 Å². The Kier molecular flexibility index (Phi) is 4.12. The van der Waals surface area contributed by atoms with Gasteiger partial charge in [0, 0.05) is 12.1 Å². The number of carbonyl (C=O) groups excluding carboxylic acids is 2. The van der Waals surface area contributed by atoms with Gasteiger partial charge in [0.25, 0.3) is 5.91 Å². The Morgan fingerprint density at radius 1 is 1.45 bits per heavy atom. The zero-order valence-electron chi connectivity index (χ0n) is 11.5. The van der Waals surface area contributed by atoms with Gasteiger partial charge < -0.3 is 21.1 Å². The third-order valence-electron chi connectivity index (χ3n) is 3.40. The van der Waals surface area contributed by atoms with Crippen LogP contribution in [0.4, 0.5) is 5.69 Å². The molecule has 20 heavy (non-hydrogen) atoms. The first-order valence-electron chi connectivity index (χ1n) is 6.67. The molecule has 1 fully saturated rings. The lowest BCUT2D eigenvalue weighted by Crippen LogP contribution is -2.43. The van der Waals surface area contributed by atoms with Crippen LogP contribution in [0.5, 0.6) is 5.75 Å². The Labute approximate surface area is 117 Å². The van der Waals surface area contributed by atoms with E-state index < -0.39 is 11.9 Å². The number of nitrogen functional groups attached to an aromatic ring is 1. The van der Waals surface area contributed by atoms with Gasteiger partial charge >= 0.3 is 0 Å². The molecule has 1 saturated heterocycles. The van der Waals surface area contributed by atoms with E-state index in [-0.39, 0.29) is 5.91 Å². The maximum absolute atomic E-state index is 12.4. The molecule has 2 amide bonds. The van der Waals surface area contributed by atoms with Crippen LogP contribution >= 0.6 is 0 Å². The molecular formula is C14H19N3O3. The summed E-state index contributed by atoms with van der Waals surface area (Å²) in [5, 5.41) is 0. The van der Waals surface area contributed by atoms with Crippen molar-refractivity contribution < 1.29 is 14.3 Å². The highest BCUT2D eigenvalue weighted by molar-refractivity contribution is 5.98. The molecule has 0 spiro atoms. The van der Waals surface area contributed by atoms with Crippen LogP contribution in [0, 0.1) is 0 Å². The lowest BCUT2D eigenvalue weighted by atomic mass is 10.1. The predicted octanol–water partition coefficient (Wildman–Crippen LogP) is 0.757. The van der Waals surface area contributed by atoms with Crippen LogP contribution in [0.15, 0.2) is 18.2 Å². The number of anilines is 1. The molecule has 0 aromatic heterocycles. The number of hydrogen-bond donors (Lipinski definition) is 2. The maximum Gasteiger partial charge on any atom is 0.254 e. The summed E-state index contributed by atoms with van der Waals surface area (Å²) in [4.78, 5) is 25.3. The number of amides is 2. The topological polar surface area (TPSA) is 98.6 Å². The lowest BCUT2D eigenvalue weighted by molar-refractivity contribution is -0.121. The van der Waals surface area contributed by atoms with Crippen LogP contribution in [0.1, 0.15) is 30.1 Å². The van der Waals surface area contributed by atoms with E-state index in [0.717, 1.165) is 6.42 Å². The second-order valence-corrected chi connectivity index (χ2v) is 4.74. The monoisotopic (exact) mass is 277 g/mol. The van der Waals surface area contributed by atoms with Gasteiger partial charge in [0.15, 0.2) is 0 Å². The molecule has 0 saturated carbocycles. The third-order valence-corrected chi connectivity index (χ3v) is 3.40. The van der Waals surface area contributed by atoms with Gasteiger partial charge in [-0.2, -0.15) is 0 Å². The number of ether oxygens (including phenoxy) is 1. The molecular weight excluding hydrogens is 258 g/mol. The van der Waals surface area contributed by atoms with Gasteiger partial charge in [-0.1, -0.05) is 0 Å². The summed E-state index contributed by atoms with van der Waals surface area (Å²) in [6.07, 6.45) is 1.40. The fourth-order valence-electron chi connectivity index (χ4n) is 2.44. The zero-order chi connectivity index (χ0) is 14.7. The summed E-state index contributed by atoms with van der Waals surface area (Å²) >= 11 is 0. The molecule has 1 heterocycles. The molecule has 1 aromatic carbocycles. The minimum atomic E-state index is -0.518. The van der Waals surface area contributed by atoms with E-state index in [1.807, 2.05) is 6.92 Å². The molecule has 1 atom stereocenters. The lowest BCUT2D eigenvalue weighted by Gasteiger charge is -2.22. The van der Waals surface area contributed by atoms with Crippen LogP contribution in [0.2, 0.25) is 0 Å². The Balaban J connectivity index is 2.21. The molecule has 0 radical (unpaired) electrons. The minimum Gasteiger partial charge on any atom is -0.492 e. The standard InChI is InChI=1S/C14H19N3O3/c1-2-20-12-6-5-9(8-10(12)15)14(19)17-7-3-4-11(17)13(16)18/h5-6,8,11H,2-4,7,15H2,1H3,(H2,16,18). The molecule has 0 aliphatic carbocycles. The smallest absolute Gasteiger partial charge is 0.254 e. The molecule has 2 rings (SSSR count). The van der Waals surface area contributed by atoms with E-state index in [2.05, 4.69) is 0 Å². The number of primary amides is 1. The first-order chi connectivity index (χ1) is 9.54. The highest BCUT2D eigenvalue weighted by Crippen LogP contribution is 2.25. The third kappa shape index (κ3) is 2.68. The Morgan fingerprint density at radius 3 is 2.80 bits per heavy atom. The second-order valence-electron chi connectivity index (χ2n) is 4.74. The molecule has 1 aliphatic heterocycles. The summed E-state index contributed by atoms with van der Waals surface area (Å²) in [5.41, 5.74) is 12.0. The molecule has 1 unspecified atom stereocenters. The van der Waals surface area contributed by atoms with E-state index in [4.69, 9.17) is 16.2 Å². The van der Waals surface area contributed by atoms with E-state index in [1.165, 1.54) is 4.90 Å². The highest BCUT2D eigenvalue weighted by Gasteiger charge is 2.33. The average molecular weight is 277 g/mol. The molecule has 1 aliphatic rings. The van der Waals surface area contributed by atoms with Crippen molar-refractivity contribution in [3.63, 3.8) is 0 Å². The number of nitrogens with zero attached hydrogens (tertiary/aromatic N) is 1. The van der Waals surface area contributed by atoms with E-state index in [1.54, 1.807) is 18.2 Å². The zero-order valence-corrected chi connectivity index (χ0v) is 11.5. The van der Waals surface area contributed by atoms with Crippen molar-refractivity contribution in [2.24, 2.45) is 5.73 Å². The van der Waals surface area contributed by atoms with E-state index in [0.29, 0.717) is 36.6 Å². The molecule has 6 nitrogen and oxygen atoms in total. The molecule has 108 valence electrons. The minimum absolute atomic E-state index is 0.221. The van der Waals surface area contributed by atoms with Gasteiger partial charge in [-0.15, -0.1) is 0 Å². The normalized spacial score (nSPS) is 18.1. The fourth-order valence-corrected chi connectivity index (χ4v) is 2.44. The van der Waals surface area contributed by atoms with Gasteiger partial charge in [0.1, 0.15) is 11.8 Å². The Morgan fingerprint density at radius 2 is 2.20 bits per heavy atom. The number of carbonyl (C=O) groups is 2. The Bertz CT molecular complexity index is 530. The van der Waals surface area contributed by atoms with Crippen LogP contribution in [-0.4, -0.2) is 35.9 Å². The molecule has 4 N–H and O–H groups in total. The van der Waals surface area contributed by atoms with Crippen LogP contribution in [-0.2, 0) is 4.79 Å². The van der Waals surface area contributed by atoms with Gasteiger partial charge in [0.05, 0.1) is 12.3 Å². The van der Waals surface area contributed by atoms with Crippen molar-refractivity contribution in [2.75, 3.05) is 18.9 Å². The van der Waals surface area contributed by atoms with Gasteiger partial charge in [-0.3, -0.25) is 9.59 Å². The fraction of sp³-hybridized carbons (Fsp3) is 0.429. The van der Waals surface area contributed by atoms with Crippen molar-refractivity contribution >= 4 is 17.5 Å². The maximum atomic E-state index is 12.4. The van der Waals surface area contributed by atoms with Crippen molar-refractivity contribution in [1.29, 1.82) is 0 Å². The highest BCUT2D eigenvalue weighted by atomic mass is 16.5. The first-order valence-corrected chi connectivity index (χ1v) is 6.67. The van der Waals surface area contributed by atoms with Crippen molar-refractivity contribution in [2.45, 2.75) is 25.8 Å². The number of likely N-dealkylation sites (tertiary alicyclic amines) is 1. The van der Waals surface area contributed by atoms with E-state index in [9.17, 15) is 9.59 Å². The van der Waals surface area contributed by atoms with Crippen molar-refractivity contribution in [3.8, 4) is 5.75 Å². The summed E-state index contributed by atoms with van der Waals surface area (Å²) in [7, 11) is 0. The van der Waals surface area contributed by atoms with Crippen LogP contribution in [0.3, 0.4) is 0 Å². The number of benzene rings is 1. The van der Waals surface area contributed by atoms with E-state index >= 15 is 0 Å². The summed E-state index contributed by atoms with van der Waals surface area (Å²) in [6.45, 7) is 2.91. The first kappa shape index (κ1) is 14.2. The molecule has 6 heteroatoms. The SMILES string of the molecule is CCOc1ccc(C(=O)N2CCCC2C(N)=O)cc1N. The largest absolute Gasteiger partial charge is 0.492 e. The number of hydrogen-bond acceptors (Lipinski definition) is 4. The average Bonchev–Trinajstić information content (AvgIpc) is 2.90. The Hall–Kier alpha value is -2.24.